The summed E-state index contributed by atoms with van der Waals surface area (Å²) in [6, 6.07) is 3.96. The highest BCUT2D eigenvalue weighted by atomic mass is 19.1. The van der Waals surface area contributed by atoms with Gasteiger partial charge in [0.1, 0.15) is 17.5 Å². The molecule has 1 saturated heterocycles. The number of carbonyl (C=O) groups excluding carboxylic acids is 1. The topological polar surface area (TPSA) is 94.5 Å². The van der Waals surface area contributed by atoms with Gasteiger partial charge in [-0.15, -0.1) is 0 Å². The number of ether oxygens (including phenoxy) is 1. The number of amides is 1. The third-order valence-electron chi connectivity index (χ3n) is 5.07. The first-order valence-corrected chi connectivity index (χ1v) is 9.04. The number of nitrogens with two attached hydrogens (primary N) is 1. The van der Waals surface area contributed by atoms with Gasteiger partial charge in [-0.1, -0.05) is 5.16 Å². The molecule has 4 rings (SSSR count). The number of nitrogen functional groups attached to an aromatic ring is 1. The molecule has 144 valence electrons. The van der Waals surface area contributed by atoms with Crippen LogP contribution in [0.3, 0.4) is 0 Å². The quantitative estimate of drug-likeness (QED) is 0.801. The molecular weight excluding hydrogens is 351 g/mol. The zero-order chi connectivity index (χ0) is 19.4. The highest BCUT2D eigenvalue weighted by Crippen LogP contribution is 2.58. The lowest BCUT2D eigenvalue weighted by atomic mass is 10.0. The van der Waals surface area contributed by atoms with Gasteiger partial charge in [-0.05, 0) is 63.6 Å². The summed E-state index contributed by atoms with van der Waals surface area (Å²) in [5.74, 6) is 0.185. The number of hydrogen-bond donors (Lipinski definition) is 1. The van der Waals surface area contributed by atoms with Gasteiger partial charge in [-0.25, -0.2) is 9.18 Å². The lowest BCUT2D eigenvalue weighted by Crippen LogP contribution is -2.37. The van der Waals surface area contributed by atoms with Gasteiger partial charge in [0.2, 0.25) is 11.7 Å². The van der Waals surface area contributed by atoms with Crippen molar-refractivity contribution in [3.05, 3.63) is 29.9 Å². The van der Waals surface area contributed by atoms with Gasteiger partial charge in [-0.3, -0.25) is 4.90 Å². The van der Waals surface area contributed by atoms with Crippen molar-refractivity contribution >= 4 is 11.8 Å². The Labute approximate surface area is 156 Å². The molecule has 2 fully saturated rings. The lowest BCUT2D eigenvalue weighted by Gasteiger charge is -2.27. The molecule has 7 nitrogen and oxygen atoms in total. The number of anilines is 1. The van der Waals surface area contributed by atoms with Crippen LogP contribution in [0, 0.1) is 11.2 Å². The van der Waals surface area contributed by atoms with Crippen LogP contribution in [0.1, 0.15) is 52.0 Å². The van der Waals surface area contributed by atoms with Gasteiger partial charge in [0.15, 0.2) is 0 Å². The minimum absolute atomic E-state index is 0.0204. The molecule has 1 atom stereocenters. The highest BCUT2D eigenvalue weighted by Gasteiger charge is 2.55. The number of benzene rings is 1. The van der Waals surface area contributed by atoms with Crippen LogP contribution in [0.25, 0.3) is 11.4 Å². The molecule has 2 N–H and O–H groups in total. The van der Waals surface area contributed by atoms with E-state index in [-0.39, 0.29) is 23.2 Å². The maximum Gasteiger partial charge on any atom is 0.410 e. The van der Waals surface area contributed by atoms with Crippen LogP contribution in [-0.4, -0.2) is 33.3 Å². The summed E-state index contributed by atoms with van der Waals surface area (Å²) in [5.41, 5.74) is 5.76. The highest BCUT2D eigenvalue weighted by molar-refractivity contribution is 5.69. The fourth-order valence-corrected chi connectivity index (χ4v) is 3.50. The maximum absolute atomic E-state index is 13.4. The minimum atomic E-state index is -0.577. The molecule has 8 heteroatoms. The van der Waals surface area contributed by atoms with Crippen LogP contribution >= 0.6 is 0 Å². The summed E-state index contributed by atoms with van der Waals surface area (Å²) in [6.45, 7) is 6.15. The summed E-state index contributed by atoms with van der Waals surface area (Å²) in [4.78, 5) is 18.8. The molecule has 0 bridgehead atoms. The molecule has 1 aromatic heterocycles. The Morgan fingerprint density at radius 1 is 1.41 bits per heavy atom. The Balaban J connectivity index is 1.60. The van der Waals surface area contributed by atoms with Gasteiger partial charge in [0, 0.05) is 12.1 Å². The lowest BCUT2D eigenvalue weighted by molar-refractivity contribution is 0.0193. The molecule has 1 saturated carbocycles. The fourth-order valence-electron chi connectivity index (χ4n) is 3.50. The Hall–Kier alpha value is -2.64. The van der Waals surface area contributed by atoms with E-state index >= 15 is 0 Å². The van der Waals surface area contributed by atoms with Crippen LogP contribution in [0.5, 0.6) is 0 Å². The number of carbonyl (C=O) groups is 1. The van der Waals surface area contributed by atoms with E-state index in [1.807, 2.05) is 20.8 Å². The van der Waals surface area contributed by atoms with Crippen molar-refractivity contribution in [2.45, 2.75) is 51.7 Å². The summed E-state index contributed by atoms with van der Waals surface area (Å²) < 4.78 is 24.4. The zero-order valence-corrected chi connectivity index (χ0v) is 15.7. The third-order valence-corrected chi connectivity index (χ3v) is 5.07. The Bertz CT molecular complexity index is 885. The van der Waals surface area contributed by atoms with Crippen molar-refractivity contribution in [1.29, 1.82) is 0 Å². The molecule has 0 radical (unpaired) electrons. The van der Waals surface area contributed by atoms with Crippen LogP contribution < -0.4 is 5.73 Å². The maximum atomic E-state index is 13.4. The molecule has 2 heterocycles. The van der Waals surface area contributed by atoms with Gasteiger partial charge >= 0.3 is 6.09 Å². The predicted molar refractivity (Wildman–Crippen MR) is 96.1 cm³/mol. The molecule has 0 unspecified atom stereocenters. The van der Waals surface area contributed by atoms with Crippen LogP contribution in [0.15, 0.2) is 22.7 Å². The number of nitrogens with zero attached hydrogens (tertiary/aromatic N) is 3. The van der Waals surface area contributed by atoms with Crippen molar-refractivity contribution in [2.24, 2.45) is 5.41 Å². The molecule has 1 aliphatic heterocycles. The number of likely N-dealkylation sites (tertiary alicyclic amines) is 1. The molecular formula is C19H23FN4O3. The van der Waals surface area contributed by atoms with E-state index < -0.39 is 11.4 Å². The van der Waals surface area contributed by atoms with Crippen LogP contribution in [-0.2, 0) is 4.74 Å². The second-order valence-electron chi connectivity index (χ2n) is 8.52. The minimum Gasteiger partial charge on any atom is -0.444 e. The second-order valence-corrected chi connectivity index (χ2v) is 8.52. The second kappa shape index (κ2) is 5.94. The number of hydrogen-bond acceptors (Lipinski definition) is 6. The van der Waals surface area contributed by atoms with Crippen molar-refractivity contribution in [3.8, 4) is 11.4 Å². The SMILES string of the molecule is CC(C)(C)OC(=O)N1CC2(CC2)C[C@H]1c1nc(-c2ccc(F)c(N)c2)no1. The van der Waals surface area contributed by atoms with Crippen molar-refractivity contribution < 1.29 is 18.4 Å². The van der Waals surface area contributed by atoms with Crippen LogP contribution in [0.4, 0.5) is 14.9 Å². The molecule has 2 aliphatic rings. The molecule has 1 aromatic carbocycles. The first-order chi connectivity index (χ1) is 12.7. The van der Waals surface area contributed by atoms with E-state index in [0.717, 1.165) is 19.3 Å². The van der Waals surface area contributed by atoms with Gasteiger partial charge in [0.05, 0.1) is 5.69 Å². The first-order valence-electron chi connectivity index (χ1n) is 9.04. The Kier molecular flexibility index (Phi) is 3.90. The van der Waals surface area contributed by atoms with E-state index in [1.165, 1.54) is 12.1 Å². The van der Waals surface area contributed by atoms with Crippen LogP contribution in [0.2, 0.25) is 0 Å². The van der Waals surface area contributed by atoms with Crippen molar-refractivity contribution in [1.82, 2.24) is 15.0 Å². The van der Waals surface area contributed by atoms with Gasteiger partial charge in [0.25, 0.3) is 0 Å². The molecule has 1 amide bonds. The van der Waals surface area contributed by atoms with E-state index in [4.69, 9.17) is 15.0 Å². The molecule has 1 spiro atoms. The predicted octanol–water partition coefficient (Wildman–Crippen LogP) is 3.92. The summed E-state index contributed by atoms with van der Waals surface area (Å²) in [6.07, 6.45) is 2.57. The number of halogens is 1. The largest absolute Gasteiger partial charge is 0.444 e. The fraction of sp³-hybridized carbons (Fsp3) is 0.526. The normalized spacial score (nSPS) is 20.9. The smallest absolute Gasteiger partial charge is 0.410 e. The third kappa shape index (κ3) is 3.48. The van der Waals surface area contributed by atoms with Gasteiger partial charge < -0.3 is 15.0 Å². The summed E-state index contributed by atoms with van der Waals surface area (Å²) in [7, 11) is 0. The summed E-state index contributed by atoms with van der Waals surface area (Å²) in [5, 5.41) is 4.00. The van der Waals surface area contributed by atoms with Gasteiger partial charge in [-0.2, -0.15) is 4.98 Å². The Morgan fingerprint density at radius 2 is 2.15 bits per heavy atom. The van der Waals surface area contributed by atoms with Crippen molar-refractivity contribution in [2.75, 3.05) is 12.3 Å². The number of aromatic nitrogens is 2. The average molecular weight is 374 g/mol. The Morgan fingerprint density at radius 3 is 2.78 bits per heavy atom. The van der Waals surface area contributed by atoms with E-state index in [9.17, 15) is 9.18 Å². The average Bonchev–Trinajstić information content (AvgIpc) is 3.00. The monoisotopic (exact) mass is 374 g/mol. The van der Waals surface area contributed by atoms with Crippen molar-refractivity contribution in [3.63, 3.8) is 0 Å². The molecule has 2 aromatic rings. The van der Waals surface area contributed by atoms with E-state index in [2.05, 4.69) is 10.1 Å². The molecule has 27 heavy (non-hydrogen) atoms. The van der Waals surface area contributed by atoms with E-state index in [0.29, 0.717) is 23.8 Å². The number of rotatable bonds is 2. The summed E-state index contributed by atoms with van der Waals surface area (Å²) >= 11 is 0. The first kappa shape index (κ1) is 17.8. The zero-order valence-electron chi connectivity index (χ0n) is 15.7. The molecule has 1 aliphatic carbocycles. The standard InChI is InChI=1S/C19H23FN4O3/c1-18(2,3)26-17(25)24-10-19(6-7-19)9-14(24)16-22-15(23-27-16)11-4-5-12(20)13(21)8-11/h4-5,8,14H,6-7,9-10,21H2,1-3H3/t14-/m0/s1. The van der Waals surface area contributed by atoms with E-state index in [1.54, 1.807) is 11.0 Å².